The summed E-state index contributed by atoms with van der Waals surface area (Å²) in [4.78, 5) is 8.90. The van der Waals surface area contributed by atoms with E-state index >= 15 is 0 Å². The molecule has 124 valence electrons. The number of hydrogen-bond acceptors (Lipinski definition) is 6. The summed E-state index contributed by atoms with van der Waals surface area (Å²) in [6.07, 6.45) is 0. The molecule has 0 bridgehead atoms. The first-order chi connectivity index (χ1) is 11.4. The van der Waals surface area contributed by atoms with E-state index in [-0.39, 0.29) is 16.5 Å². The molecule has 24 heavy (non-hydrogen) atoms. The highest BCUT2D eigenvalue weighted by atomic mass is 32.2. The van der Waals surface area contributed by atoms with Crippen LogP contribution in [0, 0.1) is 6.92 Å². The highest BCUT2D eigenvalue weighted by Crippen LogP contribution is 2.27. The lowest BCUT2D eigenvalue weighted by molar-refractivity contribution is 0.594. The predicted octanol–water partition coefficient (Wildman–Crippen LogP) is 2.05. The summed E-state index contributed by atoms with van der Waals surface area (Å²) in [7, 11) is -2.35. The van der Waals surface area contributed by atoms with Gasteiger partial charge in [0.15, 0.2) is 11.6 Å². The highest BCUT2D eigenvalue weighted by Gasteiger charge is 2.25. The molecule has 0 aliphatic carbocycles. The summed E-state index contributed by atoms with van der Waals surface area (Å²) in [5, 5.41) is 0. The summed E-state index contributed by atoms with van der Waals surface area (Å²) >= 11 is 0. The standard InChI is InChI=1S/C16H17N5O2S/c1-11-7-9-12(10-8-11)24(22,23)21(2)16-15(20-17)18-13-5-3-4-6-14(13)19-16/h3-10H,17H2,1-2H3,(H,18,20). The zero-order valence-corrected chi connectivity index (χ0v) is 14.1. The molecule has 2 aromatic carbocycles. The maximum Gasteiger partial charge on any atom is 0.265 e. The van der Waals surface area contributed by atoms with Crippen LogP contribution in [0.4, 0.5) is 11.6 Å². The molecule has 3 aromatic rings. The van der Waals surface area contributed by atoms with Crippen LogP contribution in [0.2, 0.25) is 0 Å². The highest BCUT2D eigenvalue weighted by molar-refractivity contribution is 7.92. The number of fused-ring (bicyclic) bond motifs is 1. The van der Waals surface area contributed by atoms with Gasteiger partial charge < -0.3 is 5.43 Å². The summed E-state index contributed by atoms with van der Waals surface area (Å²) in [5.74, 6) is 5.83. The molecular weight excluding hydrogens is 326 g/mol. The van der Waals surface area contributed by atoms with Gasteiger partial charge in [-0.1, -0.05) is 29.8 Å². The Bertz CT molecular complexity index is 987. The molecule has 0 unspecified atom stereocenters. The van der Waals surface area contributed by atoms with Crippen molar-refractivity contribution in [1.82, 2.24) is 9.97 Å². The molecule has 0 spiro atoms. The van der Waals surface area contributed by atoms with Crippen molar-refractivity contribution < 1.29 is 8.42 Å². The lowest BCUT2D eigenvalue weighted by Gasteiger charge is -2.21. The van der Waals surface area contributed by atoms with Crippen LogP contribution in [0.15, 0.2) is 53.4 Å². The summed E-state index contributed by atoms with van der Waals surface area (Å²) in [6, 6.07) is 13.8. The van der Waals surface area contributed by atoms with Crippen molar-refractivity contribution in [1.29, 1.82) is 0 Å². The van der Waals surface area contributed by atoms with Crippen LogP contribution in [0.3, 0.4) is 0 Å². The number of nitrogens with one attached hydrogen (secondary N) is 1. The van der Waals surface area contributed by atoms with Crippen molar-refractivity contribution in [2.24, 2.45) is 5.84 Å². The van der Waals surface area contributed by atoms with Crippen LogP contribution in [-0.2, 0) is 10.0 Å². The van der Waals surface area contributed by atoms with Gasteiger partial charge in [0.25, 0.3) is 10.0 Å². The monoisotopic (exact) mass is 343 g/mol. The van der Waals surface area contributed by atoms with E-state index in [1.807, 2.05) is 19.1 Å². The third-order valence-corrected chi connectivity index (χ3v) is 5.43. The molecule has 1 heterocycles. The topological polar surface area (TPSA) is 101 Å². The van der Waals surface area contributed by atoms with Gasteiger partial charge in [-0.05, 0) is 31.2 Å². The molecule has 0 fully saturated rings. The van der Waals surface area contributed by atoms with E-state index in [0.29, 0.717) is 11.0 Å². The fourth-order valence-electron chi connectivity index (χ4n) is 2.29. The van der Waals surface area contributed by atoms with Crippen LogP contribution < -0.4 is 15.6 Å². The molecule has 0 radical (unpaired) electrons. The van der Waals surface area contributed by atoms with Crippen molar-refractivity contribution in [3.8, 4) is 0 Å². The minimum absolute atomic E-state index is 0.136. The number of hydrogen-bond donors (Lipinski definition) is 2. The van der Waals surface area contributed by atoms with E-state index in [4.69, 9.17) is 5.84 Å². The number of nitrogens with zero attached hydrogens (tertiary/aromatic N) is 3. The van der Waals surface area contributed by atoms with E-state index in [1.54, 1.807) is 36.4 Å². The lowest BCUT2D eigenvalue weighted by Crippen LogP contribution is -2.29. The van der Waals surface area contributed by atoms with Gasteiger partial charge in [0, 0.05) is 7.05 Å². The van der Waals surface area contributed by atoms with E-state index in [1.165, 1.54) is 7.05 Å². The Kier molecular flexibility index (Phi) is 4.08. The number of anilines is 2. The number of nitrogens with two attached hydrogens (primary N) is 1. The lowest BCUT2D eigenvalue weighted by atomic mass is 10.2. The first-order valence-corrected chi connectivity index (χ1v) is 8.66. The Morgan fingerprint density at radius 1 is 1.00 bits per heavy atom. The zero-order valence-electron chi connectivity index (χ0n) is 13.3. The van der Waals surface area contributed by atoms with E-state index in [9.17, 15) is 8.42 Å². The fraction of sp³-hybridized carbons (Fsp3) is 0.125. The Morgan fingerprint density at radius 3 is 2.17 bits per heavy atom. The molecular formula is C16H17N5O2S. The SMILES string of the molecule is Cc1ccc(S(=O)(=O)N(C)c2nc3ccccc3nc2NN)cc1. The second kappa shape index (κ2) is 6.06. The zero-order chi connectivity index (χ0) is 17.3. The third kappa shape index (κ3) is 2.77. The number of aromatic nitrogens is 2. The first kappa shape index (κ1) is 16.2. The quantitative estimate of drug-likeness (QED) is 0.555. The summed E-state index contributed by atoms with van der Waals surface area (Å²) < 4.78 is 26.8. The van der Waals surface area contributed by atoms with Gasteiger partial charge in [-0.15, -0.1) is 0 Å². The van der Waals surface area contributed by atoms with Crippen LogP contribution in [-0.4, -0.2) is 25.4 Å². The molecule has 7 nitrogen and oxygen atoms in total. The second-order valence-electron chi connectivity index (χ2n) is 5.31. The van der Waals surface area contributed by atoms with Gasteiger partial charge in [-0.3, -0.25) is 0 Å². The molecule has 3 N–H and O–H groups in total. The summed E-state index contributed by atoms with van der Waals surface area (Å²) in [6.45, 7) is 1.89. The Morgan fingerprint density at radius 2 is 1.58 bits per heavy atom. The largest absolute Gasteiger partial charge is 0.305 e. The Balaban J connectivity index is 2.13. The maximum atomic E-state index is 12.8. The van der Waals surface area contributed by atoms with Crippen LogP contribution in [0.1, 0.15) is 5.56 Å². The smallest absolute Gasteiger partial charge is 0.265 e. The van der Waals surface area contributed by atoms with Crippen molar-refractivity contribution in [2.45, 2.75) is 11.8 Å². The molecule has 0 saturated heterocycles. The van der Waals surface area contributed by atoms with Gasteiger partial charge >= 0.3 is 0 Å². The van der Waals surface area contributed by atoms with Gasteiger partial charge in [-0.25, -0.2) is 28.5 Å². The minimum atomic E-state index is -3.77. The van der Waals surface area contributed by atoms with Gasteiger partial charge in [0.1, 0.15) is 0 Å². The van der Waals surface area contributed by atoms with E-state index in [2.05, 4.69) is 15.4 Å². The van der Waals surface area contributed by atoms with E-state index in [0.717, 1.165) is 9.87 Å². The van der Waals surface area contributed by atoms with Crippen molar-refractivity contribution in [3.63, 3.8) is 0 Å². The number of para-hydroxylation sites is 2. The number of hydrazine groups is 1. The normalized spacial score (nSPS) is 11.5. The van der Waals surface area contributed by atoms with Crippen LogP contribution >= 0.6 is 0 Å². The molecule has 0 aliphatic heterocycles. The van der Waals surface area contributed by atoms with Crippen molar-refractivity contribution >= 4 is 32.7 Å². The number of rotatable bonds is 4. The van der Waals surface area contributed by atoms with Crippen molar-refractivity contribution in [3.05, 3.63) is 54.1 Å². The average molecular weight is 343 g/mol. The fourth-order valence-corrected chi connectivity index (χ4v) is 3.44. The van der Waals surface area contributed by atoms with Crippen LogP contribution in [0.25, 0.3) is 11.0 Å². The van der Waals surface area contributed by atoms with Crippen LogP contribution in [0.5, 0.6) is 0 Å². The molecule has 0 aliphatic rings. The number of sulfonamides is 1. The number of aryl methyl sites for hydroxylation is 1. The molecule has 0 saturated carbocycles. The average Bonchev–Trinajstić information content (AvgIpc) is 2.60. The predicted molar refractivity (Wildman–Crippen MR) is 94.1 cm³/mol. The molecule has 8 heteroatoms. The molecule has 0 amide bonds. The number of benzene rings is 2. The maximum absolute atomic E-state index is 12.8. The second-order valence-corrected chi connectivity index (χ2v) is 7.28. The molecule has 0 atom stereocenters. The minimum Gasteiger partial charge on any atom is -0.305 e. The van der Waals surface area contributed by atoms with Gasteiger partial charge in [0.05, 0.1) is 15.9 Å². The summed E-state index contributed by atoms with van der Waals surface area (Å²) in [5.41, 5.74) is 4.60. The first-order valence-electron chi connectivity index (χ1n) is 7.22. The molecule has 3 rings (SSSR count). The third-order valence-electron chi connectivity index (χ3n) is 3.67. The van der Waals surface area contributed by atoms with E-state index < -0.39 is 10.0 Å². The van der Waals surface area contributed by atoms with Crippen molar-refractivity contribution in [2.75, 3.05) is 16.8 Å². The van der Waals surface area contributed by atoms with Gasteiger partial charge in [0.2, 0.25) is 0 Å². The van der Waals surface area contributed by atoms with Gasteiger partial charge in [-0.2, -0.15) is 0 Å². The Hall–Kier alpha value is -2.71. The Labute approximate surface area is 140 Å². The molecule has 1 aromatic heterocycles. The number of nitrogen functional groups attached to an aromatic ring is 1.